The number of esters is 1. The monoisotopic (exact) mass is 371 g/mol. The molecule has 0 fully saturated rings. The molecule has 3 rings (SSSR count). The number of nitrogens with one attached hydrogen (secondary N) is 1. The average Bonchev–Trinajstić information content (AvgIpc) is 2.60. The summed E-state index contributed by atoms with van der Waals surface area (Å²) >= 11 is 5.83. The maximum absolute atomic E-state index is 12.1. The van der Waals surface area contributed by atoms with E-state index in [1.54, 1.807) is 42.5 Å². The van der Waals surface area contributed by atoms with Gasteiger partial charge < -0.3 is 14.5 Å². The van der Waals surface area contributed by atoms with E-state index in [4.69, 9.17) is 20.8 Å². The molecule has 0 saturated heterocycles. The van der Waals surface area contributed by atoms with Crippen molar-refractivity contribution in [2.24, 2.45) is 0 Å². The Morgan fingerprint density at radius 3 is 2.73 bits per heavy atom. The van der Waals surface area contributed by atoms with Crippen LogP contribution in [0.3, 0.4) is 0 Å². The van der Waals surface area contributed by atoms with E-state index in [0.29, 0.717) is 16.1 Å². The fraction of sp³-hybridized carbons (Fsp3) is 0.105. The first-order valence-corrected chi connectivity index (χ1v) is 8.07. The largest absolute Gasteiger partial charge is 0.450 e. The van der Waals surface area contributed by atoms with Crippen LogP contribution in [0.2, 0.25) is 5.02 Å². The molecule has 0 spiro atoms. The van der Waals surface area contributed by atoms with Gasteiger partial charge >= 0.3 is 5.97 Å². The summed E-state index contributed by atoms with van der Waals surface area (Å²) in [7, 11) is 0. The Morgan fingerprint density at radius 2 is 1.96 bits per heavy atom. The molecule has 1 heterocycles. The van der Waals surface area contributed by atoms with Gasteiger partial charge in [-0.25, -0.2) is 4.79 Å². The summed E-state index contributed by atoms with van der Waals surface area (Å²) in [5.41, 5.74) is 1.30. The smallest absolute Gasteiger partial charge is 0.374 e. The Kier molecular flexibility index (Phi) is 5.04. The maximum atomic E-state index is 12.1. The van der Waals surface area contributed by atoms with Crippen molar-refractivity contribution in [2.45, 2.75) is 6.92 Å². The van der Waals surface area contributed by atoms with Crippen LogP contribution in [0, 0.1) is 6.92 Å². The Morgan fingerprint density at radius 1 is 1.15 bits per heavy atom. The van der Waals surface area contributed by atoms with E-state index >= 15 is 0 Å². The number of ether oxygens (including phenoxy) is 1. The van der Waals surface area contributed by atoms with Crippen molar-refractivity contribution in [1.29, 1.82) is 0 Å². The normalized spacial score (nSPS) is 10.5. The van der Waals surface area contributed by atoms with E-state index < -0.39 is 18.5 Å². The SMILES string of the molecule is Cc1ccc2oc(C(=O)OCC(=O)Nc3cccc(Cl)c3)cc(=O)c2c1. The third kappa shape index (κ3) is 4.10. The number of rotatable bonds is 4. The molecule has 6 nitrogen and oxygen atoms in total. The molecule has 0 aliphatic rings. The predicted octanol–water partition coefficient (Wildman–Crippen LogP) is 3.55. The molecule has 0 atom stereocenters. The first-order chi connectivity index (χ1) is 12.4. The lowest BCUT2D eigenvalue weighted by molar-refractivity contribution is -0.119. The van der Waals surface area contributed by atoms with Crippen LogP contribution in [0.5, 0.6) is 0 Å². The van der Waals surface area contributed by atoms with Gasteiger partial charge in [0.1, 0.15) is 5.58 Å². The number of carbonyl (C=O) groups is 2. The van der Waals surface area contributed by atoms with Gasteiger partial charge in [0.15, 0.2) is 12.0 Å². The summed E-state index contributed by atoms with van der Waals surface area (Å²) < 4.78 is 10.3. The molecule has 3 aromatic rings. The van der Waals surface area contributed by atoms with Crippen LogP contribution in [-0.4, -0.2) is 18.5 Å². The Balaban J connectivity index is 1.68. The fourth-order valence-electron chi connectivity index (χ4n) is 2.34. The molecular formula is C19H14ClNO5. The van der Waals surface area contributed by atoms with E-state index in [1.807, 2.05) is 6.92 Å². The molecule has 1 N–H and O–H groups in total. The fourth-order valence-corrected chi connectivity index (χ4v) is 2.53. The van der Waals surface area contributed by atoms with Gasteiger partial charge in [0.25, 0.3) is 5.91 Å². The number of aryl methyl sites for hydroxylation is 1. The van der Waals surface area contributed by atoms with E-state index in [0.717, 1.165) is 11.6 Å². The molecule has 0 bridgehead atoms. The van der Waals surface area contributed by atoms with Gasteiger partial charge in [-0.15, -0.1) is 0 Å². The zero-order valence-corrected chi connectivity index (χ0v) is 14.5. The molecule has 0 aliphatic carbocycles. The number of fused-ring (bicyclic) bond motifs is 1. The lowest BCUT2D eigenvalue weighted by Crippen LogP contribution is -2.21. The molecule has 0 unspecified atom stereocenters. The van der Waals surface area contributed by atoms with Crippen LogP contribution in [0.25, 0.3) is 11.0 Å². The zero-order valence-electron chi connectivity index (χ0n) is 13.7. The van der Waals surface area contributed by atoms with Crippen LogP contribution < -0.4 is 10.7 Å². The van der Waals surface area contributed by atoms with Gasteiger partial charge in [0.05, 0.1) is 5.39 Å². The van der Waals surface area contributed by atoms with Crippen LogP contribution in [0.15, 0.2) is 57.7 Å². The third-order valence-electron chi connectivity index (χ3n) is 3.53. The lowest BCUT2D eigenvalue weighted by atomic mass is 10.1. The highest BCUT2D eigenvalue weighted by molar-refractivity contribution is 6.30. The highest BCUT2D eigenvalue weighted by Crippen LogP contribution is 2.16. The predicted molar refractivity (Wildman–Crippen MR) is 97.6 cm³/mol. The minimum Gasteiger partial charge on any atom is -0.450 e. The highest BCUT2D eigenvalue weighted by atomic mass is 35.5. The molecule has 2 aromatic carbocycles. The molecule has 0 radical (unpaired) electrons. The van der Waals surface area contributed by atoms with Crippen molar-refractivity contribution in [1.82, 2.24) is 0 Å². The Labute approximate surface area is 153 Å². The summed E-state index contributed by atoms with van der Waals surface area (Å²) in [5.74, 6) is -1.70. The number of hydrogen-bond donors (Lipinski definition) is 1. The summed E-state index contributed by atoms with van der Waals surface area (Å²) in [6.07, 6.45) is 0. The van der Waals surface area contributed by atoms with Crippen LogP contribution in [0.4, 0.5) is 5.69 Å². The van der Waals surface area contributed by atoms with Gasteiger partial charge in [-0.3, -0.25) is 9.59 Å². The summed E-state index contributed by atoms with van der Waals surface area (Å²) in [6, 6.07) is 12.7. The number of anilines is 1. The quantitative estimate of drug-likeness (QED) is 0.709. The van der Waals surface area contributed by atoms with E-state index in [1.165, 1.54) is 0 Å². The highest BCUT2D eigenvalue weighted by Gasteiger charge is 2.15. The second-order valence-electron chi connectivity index (χ2n) is 5.61. The minimum absolute atomic E-state index is 0.262. The lowest BCUT2D eigenvalue weighted by Gasteiger charge is -2.07. The molecular weight excluding hydrogens is 358 g/mol. The van der Waals surface area contributed by atoms with Crippen LogP contribution in [-0.2, 0) is 9.53 Å². The van der Waals surface area contributed by atoms with Crippen molar-refractivity contribution in [3.05, 3.63) is 75.1 Å². The van der Waals surface area contributed by atoms with Crippen LogP contribution in [0.1, 0.15) is 16.1 Å². The minimum atomic E-state index is -0.897. The molecule has 0 aliphatic heterocycles. The molecule has 1 amide bonds. The molecule has 1 aromatic heterocycles. The second kappa shape index (κ2) is 7.41. The van der Waals surface area contributed by atoms with Crippen molar-refractivity contribution in [2.75, 3.05) is 11.9 Å². The summed E-state index contributed by atoms with van der Waals surface area (Å²) in [6.45, 7) is 1.32. The number of carbonyl (C=O) groups excluding carboxylic acids is 2. The number of halogens is 1. The molecule has 0 saturated carbocycles. The first kappa shape index (κ1) is 17.7. The number of hydrogen-bond acceptors (Lipinski definition) is 5. The summed E-state index contributed by atoms with van der Waals surface area (Å²) in [5, 5.41) is 3.38. The first-order valence-electron chi connectivity index (χ1n) is 7.69. The molecule has 7 heteroatoms. The van der Waals surface area contributed by atoms with E-state index in [2.05, 4.69) is 5.32 Å². The van der Waals surface area contributed by atoms with E-state index in [9.17, 15) is 14.4 Å². The second-order valence-corrected chi connectivity index (χ2v) is 6.05. The topological polar surface area (TPSA) is 85.6 Å². The van der Waals surface area contributed by atoms with Crippen molar-refractivity contribution >= 4 is 40.1 Å². The standard InChI is InChI=1S/C19H14ClNO5/c1-11-5-6-16-14(7-11)15(22)9-17(26-16)19(24)25-10-18(23)21-13-4-2-3-12(20)8-13/h2-9H,10H2,1H3,(H,21,23). The van der Waals surface area contributed by atoms with Gasteiger partial charge in [0, 0.05) is 16.8 Å². The van der Waals surface area contributed by atoms with Gasteiger partial charge in [-0.2, -0.15) is 0 Å². The van der Waals surface area contributed by atoms with Crippen molar-refractivity contribution < 1.29 is 18.7 Å². The van der Waals surface area contributed by atoms with Crippen molar-refractivity contribution in [3.8, 4) is 0 Å². The molecule has 26 heavy (non-hydrogen) atoms. The van der Waals surface area contributed by atoms with Crippen molar-refractivity contribution in [3.63, 3.8) is 0 Å². The number of amides is 1. The summed E-state index contributed by atoms with van der Waals surface area (Å²) in [4.78, 5) is 36.0. The van der Waals surface area contributed by atoms with Crippen LogP contribution >= 0.6 is 11.6 Å². The Hall–Kier alpha value is -3.12. The average molecular weight is 372 g/mol. The Bertz CT molecular complexity index is 1060. The number of benzene rings is 2. The molecule has 132 valence electrons. The van der Waals surface area contributed by atoms with Gasteiger partial charge in [-0.05, 0) is 37.3 Å². The van der Waals surface area contributed by atoms with Gasteiger partial charge in [-0.1, -0.05) is 29.3 Å². The zero-order chi connectivity index (χ0) is 18.7. The maximum Gasteiger partial charge on any atom is 0.374 e. The van der Waals surface area contributed by atoms with Gasteiger partial charge in [0.2, 0.25) is 5.76 Å². The van der Waals surface area contributed by atoms with E-state index in [-0.39, 0.29) is 16.8 Å². The third-order valence-corrected chi connectivity index (χ3v) is 3.76.